The van der Waals surface area contributed by atoms with Gasteiger partial charge < -0.3 is 4.90 Å². The average Bonchev–Trinajstić information content (AvgIpc) is 3.28. The van der Waals surface area contributed by atoms with Crippen LogP contribution >= 0.6 is 0 Å². The number of aromatic nitrogens is 4. The number of rotatable bonds is 4. The van der Waals surface area contributed by atoms with Crippen LogP contribution in [0.5, 0.6) is 0 Å². The highest BCUT2D eigenvalue weighted by Gasteiger charge is 2.27. The molecule has 4 heterocycles. The van der Waals surface area contributed by atoms with E-state index in [0.29, 0.717) is 17.1 Å². The Labute approximate surface area is 152 Å². The third-order valence-corrected chi connectivity index (χ3v) is 4.89. The molecule has 3 aromatic heterocycles. The molecule has 26 heavy (non-hydrogen) atoms. The smallest absolute Gasteiger partial charge is 0.258 e. The first-order chi connectivity index (χ1) is 12.6. The molecule has 0 aromatic carbocycles. The summed E-state index contributed by atoms with van der Waals surface area (Å²) in [7, 11) is 3.48. The van der Waals surface area contributed by atoms with Gasteiger partial charge in [0.25, 0.3) is 5.91 Å². The molecule has 1 saturated heterocycles. The minimum atomic E-state index is -0.0747. The van der Waals surface area contributed by atoms with E-state index in [0.717, 1.165) is 31.7 Å². The summed E-state index contributed by atoms with van der Waals surface area (Å²) in [5, 5.41) is 4.45. The second-order valence-electron chi connectivity index (χ2n) is 6.94. The molecule has 1 atom stereocenters. The molecule has 1 aliphatic rings. The molecule has 7 nitrogen and oxygen atoms in total. The van der Waals surface area contributed by atoms with Crippen LogP contribution in [0.15, 0.2) is 43.0 Å². The summed E-state index contributed by atoms with van der Waals surface area (Å²) in [5.74, 6) is 0.300. The lowest BCUT2D eigenvalue weighted by Crippen LogP contribution is -2.22. The van der Waals surface area contributed by atoms with E-state index in [2.05, 4.69) is 26.0 Å². The van der Waals surface area contributed by atoms with Crippen molar-refractivity contribution in [2.75, 3.05) is 27.2 Å². The fraction of sp³-hybridized carbons (Fsp3) is 0.368. The highest BCUT2D eigenvalue weighted by molar-refractivity contribution is 5.99. The van der Waals surface area contributed by atoms with Gasteiger partial charge in [-0.2, -0.15) is 5.10 Å². The second-order valence-corrected chi connectivity index (χ2v) is 6.94. The van der Waals surface area contributed by atoms with E-state index in [1.54, 1.807) is 37.6 Å². The largest absolute Gasteiger partial charge is 0.345 e. The molecule has 0 spiro atoms. The molecule has 0 N–H and O–H groups in total. The Hall–Kier alpha value is -2.80. The van der Waals surface area contributed by atoms with Crippen LogP contribution in [-0.2, 0) is 6.54 Å². The lowest BCUT2D eigenvalue weighted by atomic mass is 10.0. The SMILES string of the molecule is CN(C)C(=O)c1cnn2c(C3CCN(Cc4cccnc4)C3)ccnc12. The fourth-order valence-electron chi connectivity index (χ4n) is 3.58. The molecule has 0 saturated carbocycles. The minimum absolute atomic E-state index is 0.0747. The zero-order valence-corrected chi connectivity index (χ0v) is 15.0. The van der Waals surface area contributed by atoms with Crippen LogP contribution in [0.25, 0.3) is 5.65 Å². The number of amides is 1. The Balaban J connectivity index is 1.57. The summed E-state index contributed by atoms with van der Waals surface area (Å²) in [6.07, 6.45) is 8.19. The van der Waals surface area contributed by atoms with Gasteiger partial charge in [0.1, 0.15) is 5.56 Å². The molecule has 1 amide bonds. The minimum Gasteiger partial charge on any atom is -0.345 e. The van der Waals surface area contributed by atoms with Crippen LogP contribution in [0.4, 0.5) is 0 Å². The molecule has 4 rings (SSSR count). The van der Waals surface area contributed by atoms with Crippen molar-refractivity contribution in [3.63, 3.8) is 0 Å². The standard InChI is InChI=1S/C19H22N6O/c1-23(2)19(26)16-11-22-25-17(5-8-21-18(16)25)15-6-9-24(13-15)12-14-4-3-7-20-10-14/h3-5,7-8,10-11,15H,6,9,12-13H2,1-2H3. The van der Waals surface area contributed by atoms with Crippen molar-refractivity contribution in [1.82, 2.24) is 29.4 Å². The number of carbonyl (C=O) groups excluding carboxylic acids is 1. The van der Waals surface area contributed by atoms with Gasteiger partial charge in [0.2, 0.25) is 0 Å². The van der Waals surface area contributed by atoms with Gasteiger partial charge in [-0.15, -0.1) is 0 Å². The van der Waals surface area contributed by atoms with Gasteiger partial charge in [-0.1, -0.05) is 6.07 Å². The first-order valence-corrected chi connectivity index (χ1v) is 8.79. The molecule has 134 valence electrons. The maximum atomic E-state index is 12.3. The van der Waals surface area contributed by atoms with E-state index in [9.17, 15) is 4.79 Å². The molecule has 0 radical (unpaired) electrons. The van der Waals surface area contributed by atoms with Crippen molar-refractivity contribution < 1.29 is 4.79 Å². The zero-order chi connectivity index (χ0) is 18.1. The van der Waals surface area contributed by atoms with Gasteiger partial charge in [0, 0.05) is 51.7 Å². The number of nitrogens with zero attached hydrogens (tertiary/aromatic N) is 6. The number of carbonyl (C=O) groups is 1. The van der Waals surface area contributed by atoms with Gasteiger partial charge in [-0.25, -0.2) is 9.50 Å². The number of likely N-dealkylation sites (tertiary alicyclic amines) is 1. The van der Waals surface area contributed by atoms with E-state index < -0.39 is 0 Å². The number of hydrogen-bond acceptors (Lipinski definition) is 5. The van der Waals surface area contributed by atoms with Gasteiger partial charge in [-0.05, 0) is 30.7 Å². The van der Waals surface area contributed by atoms with Crippen molar-refractivity contribution in [3.05, 3.63) is 59.8 Å². The van der Waals surface area contributed by atoms with Crippen LogP contribution in [0.3, 0.4) is 0 Å². The first-order valence-electron chi connectivity index (χ1n) is 8.79. The van der Waals surface area contributed by atoms with E-state index in [4.69, 9.17) is 0 Å². The Bertz CT molecular complexity index is 920. The van der Waals surface area contributed by atoms with Crippen molar-refractivity contribution in [2.24, 2.45) is 0 Å². The summed E-state index contributed by atoms with van der Waals surface area (Å²) >= 11 is 0. The first kappa shape index (κ1) is 16.7. The quantitative estimate of drug-likeness (QED) is 0.718. The van der Waals surface area contributed by atoms with E-state index >= 15 is 0 Å². The van der Waals surface area contributed by atoms with Crippen LogP contribution in [0, 0.1) is 0 Å². The van der Waals surface area contributed by atoms with Crippen molar-refractivity contribution in [3.8, 4) is 0 Å². The van der Waals surface area contributed by atoms with Crippen molar-refractivity contribution in [2.45, 2.75) is 18.9 Å². The van der Waals surface area contributed by atoms with Crippen LogP contribution in [0.2, 0.25) is 0 Å². The van der Waals surface area contributed by atoms with Gasteiger partial charge in [0.15, 0.2) is 5.65 Å². The summed E-state index contributed by atoms with van der Waals surface area (Å²) < 4.78 is 1.83. The third kappa shape index (κ3) is 3.06. The summed E-state index contributed by atoms with van der Waals surface area (Å²) in [6, 6.07) is 6.10. The summed E-state index contributed by atoms with van der Waals surface area (Å²) in [5.41, 5.74) is 3.52. The zero-order valence-electron chi connectivity index (χ0n) is 15.0. The lowest BCUT2D eigenvalue weighted by Gasteiger charge is -2.16. The average molecular weight is 350 g/mol. The molecular formula is C19H22N6O. The lowest BCUT2D eigenvalue weighted by molar-refractivity contribution is 0.0829. The van der Waals surface area contributed by atoms with Crippen LogP contribution in [-0.4, -0.2) is 62.5 Å². The van der Waals surface area contributed by atoms with E-state index in [-0.39, 0.29) is 5.91 Å². The van der Waals surface area contributed by atoms with Crippen LogP contribution < -0.4 is 0 Å². The molecule has 1 unspecified atom stereocenters. The molecule has 7 heteroatoms. The Morgan fingerprint density at radius 3 is 2.92 bits per heavy atom. The maximum Gasteiger partial charge on any atom is 0.258 e. The normalized spacial score (nSPS) is 17.7. The van der Waals surface area contributed by atoms with Gasteiger partial charge >= 0.3 is 0 Å². The third-order valence-electron chi connectivity index (χ3n) is 4.89. The number of fused-ring (bicyclic) bond motifs is 1. The summed E-state index contributed by atoms with van der Waals surface area (Å²) in [4.78, 5) is 24.9. The molecule has 3 aromatic rings. The maximum absolute atomic E-state index is 12.3. The molecule has 0 aliphatic carbocycles. The highest BCUT2D eigenvalue weighted by atomic mass is 16.2. The van der Waals surface area contributed by atoms with Gasteiger partial charge in [-0.3, -0.25) is 14.7 Å². The Morgan fingerprint density at radius 2 is 2.15 bits per heavy atom. The number of pyridine rings is 1. The van der Waals surface area contributed by atoms with E-state index in [1.165, 1.54) is 5.56 Å². The summed E-state index contributed by atoms with van der Waals surface area (Å²) in [6.45, 7) is 2.90. The number of hydrogen-bond donors (Lipinski definition) is 0. The van der Waals surface area contributed by atoms with E-state index in [1.807, 2.05) is 22.8 Å². The molecule has 1 aliphatic heterocycles. The molecule has 1 fully saturated rings. The predicted octanol–water partition coefficient (Wildman–Crippen LogP) is 1.82. The highest BCUT2D eigenvalue weighted by Crippen LogP contribution is 2.28. The Kier molecular flexibility index (Phi) is 4.38. The van der Waals surface area contributed by atoms with Crippen molar-refractivity contribution in [1.29, 1.82) is 0 Å². The van der Waals surface area contributed by atoms with Crippen LogP contribution in [0.1, 0.15) is 34.0 Å². The predicted molar refractivity (Wildman–Crippen MR) is 97.9 cm³/mol. The molecular weight excluding hydrogens is 328 g/mol. The van der Waals surface area contributed by atoms with Crippen molar-refractivity contribution >= 4 is 11.6 Å². The Morgan fingerprint density at radius 1 is 1.27 bits per heavy atom. The topological polar surface area (TPSA) is 66.6 Å². The monoisotopic (exact) mass is 350 g/mol. The fourth-order valence-corrected chi connectivity index (χ4v) is 3.58. The van der Waals surface area contributed by atoms with Gasteiger partial charge in [0.05, 0.1) is 11.9 Å². The second kappa shape index (κ2) is 6.84. The molecule has 0 bridgehead atoms.